The molecule has 0 aliphatic rings. The molecule has 1 rings (SSSR count). The van der Waals surface area contributed by atoms with E-state index >= 15 is 0 Å². The highest BCUT2D eigenvalue weighted by Gasteiger charge is 2.32. The fourth-order valence-electron chi connectivity index (χ4n) is 3.88. The molecular weight excluding hydrogens is 644 g/mol. The normalized spacial score (nSPS) is 12.9. The van der Waals surface area contributed by atoms with Crippen molar-refractivity contribution >= 4 is 35.8 Å². The molecule has 6 amide bonds. The van der Waals surface area contributed by atoms with E-state index in [9.17, 15) is 28.8 Å². The largest absolute Gasteiger partial charge is 0.445 e. The average molecular weight is 697 g/mol. The van der Waals surface area contributed by atoms with Crippen LogP contribution in [-0.4, -0.2) is 111 Å². The molecule has 17 heteroatoms. The van der Waals surface area contributed by atoms with Crippen molar-refractivity contribution in [3.8, 4) is 0 Å². The van der Waals surface area contributed by atoms with Crippen molar-refractivity contribution in [3.05, 3.63) is 35.9 Å². The topological polar surface area (TPSA) is 226 Å². The number of nitrogens with zero attached hydrogens (tertiary/aromatic N) is 1. The highest BCUT2D eigenvalue weighted by Crippen LogP contribution is 2.07. The second-order valence-electron chi connectivity index (χ2n) is 11.9. The van der Waals surface area contributed by atoms with Gasteiger partial charge in [0.05, 0.1) is 32.3 Å². The number of likely N-dealkylation sites (N-methyl/N-ethyl adjacent to an activating group) is 1. The summed E-state index contributed by atoms with van der Waals surface area (Å²) in [7, 11) is 1.21. The van der Waals surface area contributed by atoms with Crippen molar-refractivity contribution in [1.82, 2.24) is 26.4 Å². The molecule has 3 atom stereocenters. The third kappa shape index (κ3) is 19.8. The number of hydrogen-bond acceptors (Lipinski definition) is 11. The number of nitrogens with one attached hydrogen (secondary N) is 4. The Kier molecular flexibility index (Phi) is 19.9. The molecule has 6 N–H and O–H groups in total. The van der Waals surface area contributed by atoms with E-state index in [4.69, 9.17) is 29.4 Å². The summed E-state index contributed by atoms with van der Waals surface area (Å²) in [5.74, 6) is -3.20. The lowest BCUT2D eigenvalue weighted by Gasteiger charge is -2.29. The van der Waals surface area contributed by atoms with Crippen molar-refractivity contribution < 1.29 is 52.5 Å². The maximum atomic E-state index is 13.3. The lowest BCUT2D eigenvalue weighted by molar-refractivity contribution is -0.145. The van der Waals surface area contributed by atoms with Crippen LogP contribution in [0.5, 0.6) is 0 Å². The van der Waals surface area contributed by atoms with Crippen molar-refractivity contribution in [2.24, 2.45) is 5.73 Å². The minimum Gasteiger partial charge on any atom is -0.445 e. The van der Waals surface area contributed by atoms with Crippen LogP contribution in [0.3, 0.4) is 0 Å². The zero-order chi connectivity index (χ0) is 36.8. The zero-order valence-corrected chi connectivity index (χ0v) is 29.2. The number of nitrogens with two attached hydrogens (primary N) is 1. The molecule has 1 aromatic carbocycles. The van der Waals surface area contributed by atoms with Gasteiger partial charge in [0.2, 0.25) is 11.8 Å². The molecular formula is C32H52N6O11. The summed E-state index contributed by atoms with van der Waals surface area (Å²) < 4.78 is 26.7. The van der Waals surface area contributed by atoms with Crippen molar-refractivity contribution in [3.63, 3.8) is 0 Å². The van der Waals surface area contributed by atoms with E-state index in [0.717, 1.165) is 11.4 Å². The van der Waals surface area contributed by atoms with Gasteiger partial charge in [-0.2, -0.15) is 0 Å². The number of benzene rings is 1. The monoisotopic (exact) mass is 696 g/mol. The predicted molar refractivity (Wildman–Crippen MR) is 176 cm³/mol. The van der Waals surface area contributed by atoms with E-state index in [2.05, 4.69) is 21.4 Å². The molecule has 1 aromatic rings. The van der Waals surface area contributed by atoms with E-state index in [-0.39, 0.29) is 33.0 Å². The van der Waals surface area contributed by atoms with Gasteiger partial charge >= 0.3 is 12.2 Å². The standard InChI is InChI=1S/C32H52N6O11/c1-7-8-15-47-22(2)27(36-26(40)21-46-18-17-45-16-14-34-30(43)49-32(3,4)5)28(41)37-38(6)29(42)24(19-25(33)39)35-31(44)48-20-23-12-10-9-11-13-23/h9-13,22,24,27H,7-8,14-21H2,1-6H3,(H2,33,39)(H,34,43)(H,35,44)(H,36,40)(H,37,41)/t22?,24-,27-/m1/s1. The molecule has 0 heterocycles. The quantitative estimate of drug-likeness (QED) is 0.0896. The third-order valence-electron chi connectivity index (χ3n) is 6.28. The molecule has 1 unspecified atom stereocenters. The van der Waals surface area contributed by atoms with Crippen LogP contribution < -0.4 is 27.1 Å². The Bertz CT molecular complexity index is 1200. The van der Waals surface area contributed by atoms with Gasteiger partial charge in [-0.05, 0) is 39.7 Å². The maximum absolute atomic E-state index is 13.3. The van der Waals surface area contributed by atoms with Crippen molar-refractivity contribution in [2.75, 3.05) is 46.6 Å². The van der Waals surface area contributed by atoms with Gasteiger partial charge in [0, 0.05) is 20.2 Å². The Morgan fingerprint density at radius 3 is 2.22 bits per heavy atom. The first-order valence-corrected chi connectivity index (χ1v) is 16.0. The first-order chi connectivity index (χ1) is 23.1. The van der Waals surface area contributed by atoms with Crippen molar-refractivity contribution in [1.29, 1.82) is 0 Å². The van der Waals surface area contributed by atoms with Gasteiger partial charge in [-0.15, -0.1) is 0 Å². The molecule has 0 saturated heterocycles. The Morgan fingerprint density at radius 2 is 1.59 bits per heavy atom. The summed E-state index contributed by atoms with van der Waals surface area (Å²) in [4.78, 5) is 74.8. The van der Waals surface area contributed by atoms with Gasteiger partial charge in [0.25, 0.3) is 11.8 Å². The van der Waals surface area contributed by atoms with Crippen LogP contribution in [0.1, 0.15) is 59.4 Å². The summed E-state index contributed by atoms with van der Waals surface area (Å²) in [6, 6.07) is 6.09. The second kappa shape index (κ2) is 23.0. The number of primary amides is 1. The Morgan fingerprint density at radius 1 is 0.918 bits per heavy atom. The van der Waals surface area contributed by atoms with Crippen molar-refractivity contribution in [2.45, 2.75) is 84.3 Å². The second-order valence-corrected chi connectivity index (χ2v) is 11.9. The molecule has 0 fully saturated rings. The van der Waals surface area contributed by atoms with Gasteiger partial charge < -0.3 is 45.4 Å². The fourth-order valence-corrected chi connectivity index (χ4v) is 3.88. The molecule has 0 aromatic heterocycles. The van der Waals surface area contributed by atoms with Crippen LogP contribution in [0.2, 0.25) is 0 Å². The molecule has 0 saturated carbocycles. The smallest absolute Gasteiger partial charge is 0.408 e. The predicted octanol–water partition coefficient (Wildman–Crippen LogP) is 0.894. The molecule has 276 valence electrons. The first-order valence-electron chi connectivity index (χ1n) is 16.0. The molecule has 0 bridgehead atoms. The number of alkyl carbamates (subject to hydrolysis) is 2. The van der Waals surface area contributed by atoms with Crippen LogP contribution in [0.4, 0.5) is 9.59 Å². The Hall–Kier alpha value is -4.48. The van der Waals surface area contributed by atoms with Gasteiger partial charge in [-0.25, -0.2) is 9.59 Å². The van der Waals surface area contributed by atoms with Gasteiger partial charge in [-0.3, -0.25) is 29.6 Å². The Labute approximate surface area is 287 Å². The lowest BCUT2D eigenvalue weighted by atomic mass is 10.1. The van der Waals surface area contributed by atoms with E-state index in [1.165, 1.54) is 7.05 Å². The number of amides is 6. The number of hydrogen-bond donors (Lipinski definition) is 5. The number of carbonyl (C=O) groups is 6. The number of carbonyl (C=O) groups excluding carboxylic acids is 6. The van der Waals surface area contributed by atoms with Crippen LogP contribution in [0.25, 0.3) is 0 Å². The zero-order valence-electron chi connectivity index (χ0n) is 29.2. The highest BCUT2D eigenvalue weighted by atomic mass is 16.6. The molecule has 49 heavy (non-hydrogen) atoms. The summed E-state index contributed by atoms with van der Waals surface area (Å²) in [5, 5.41) is 8.18. The summed E-state index contributed by atoms with van der Waals surface area (Å²) in [6.45, 7) is 9.24. The van der Waals surface area contributed by atoms with E-state index in [0.29, 0.717) is 18.6 Å². The number of hydrazine groups is 1. The summed E-state index contributed by atoms with van der Waals surface area (Å²) >= 11 is 0. The minimum absolute atomic E-state index is 0.0541. The van der Waals surface area contributed by atoms with E-state index in [1.54, 1.807) is 58.0 Å². The lowest BCUT2D eigenvalue weighted by Crippen LogP contribution is -2.60. The van der Waals surface area contributed by atoms with Gasteiger partial charge in [0.1, 0.15) is 30.9 Å². The number of rotatable bonds is 21. The highest BCUT2D eigenvalue weighted by molar-refractivity contribution is 5.93. The number of unbranched alkanes of at least 4 members (excludes halogenated alkanes) is 1. The SMILES string of the molecule is CCCCOC(C)[C@@H](NC(=O)COCCOCCNC(=O)OC(C)(C)C)C(=O)NN(C)C(=O)[C@@H](CC(N)=O)NC(=O)OCc1ccccc1. The molecule has 0 aliphatic carbocycles. The molecule has 0 spiro atoms. The van der Waals surface area contributed by atoms with Gasteiger partial charge in [-0.1, -0.05) is 43.7 Å². The molecule has 0 radical (unpaired) electrons. The molecule has 0 aliphatic heterocycles. The van der Waals surface area contributed by atoms with E-state index in [1.807, 2.05) is 6.92 Å². The van der Waals surface area contributed by atoms with Crippen LogP contribution in [0, 0.1) is 0 Å². The molecule has 17 nitrogen and oxygen atoms in total. The average Bonchev–Trinajstić information content (AvgIpc) is 3.02. The van der Waals surface area contributed by atoms with Crippen LogP contribution in [-0.2, 0) is 49.5 Å². The van der Waals surface area contributed by atoms with Crippen LogP contribution >= 0.6 is 0 Å². The minimum atomic E-state index is -1.46. The summed E-state index contributed by atoms with van der Waals surface area (Å²) in [5.41, 5.74) is 7.74. The fraction of sp³-hybridized carbons (Fsp3) is 0.625. The first kappa shape index (κ1) is 42.5. The summed E-state index contributed by atoms with van der Waals surface area (Å²) in [6.07, 6.45) is -1.38. The number of ether oxygens (including phenoxy) is 5. The van der Waals surface area contributed by atoms with Gasteiger partial charge in [0.15, 0.2) is 0 Å². The third-order valence-corrected chi connectivity index (χ3v) is 6.28. The van der Waals surface area contributed by atoms with E-state index < -0.39 is 72.6 Å². The van der Waals surface area contributed by atoms with Crippen LogP contribution in [0.15, 0.2) is 30.3 Å². The Balaban J connectivity index is 2.69. The maximum Gasteiger partial charge on any atom is 0.408 e.